The third kappa shape index (κ3) is 26.0. The summed E-state index contributed by atoms with van der Waals surface area (Å²) in [6, 6.07) is 19.2. The summed E-state index contributed by atoms with van der Waals surface area (Å²) in [5.41, 5.74) is 2.89. The van der Waals surface area contributed by atoms with Crippen LogP contribution in [0, 0.1) is 20.8 Å². The van der Waals surface area contributed by atoms with E-state index in [0.717, 1.165) is 16.7 Å². The fourth-order valence-electron chi connectivity index (χ4n) is 5.58. The van der Waals surface area contributed by atoms with Crippen LogP contribution in [-0.2, 0) is 83.8 Å². The van der Waals surface area contributed by atoms with Crippen molar-refractivity contribution >= 4 is 60.1 Å². The Morgan fingerprint density at radius 2 is 0.676 bits per heavy atom. The largest absolute Gasteiger partial charge is 0.340 e. The maximum absolute atomic E-state index is 13.1. The molecule has 3 aromatic rings. The average Bonchev–Trinajstić information content (AvgIpc) is 3.24. The Hall–Kier alpha value is -1.89. The topological polar surface area (TPSA) is 245 Å². The first-order chi connectivity index (χ1) is 31.6. The summed E-state index contributed by atoms with van der Waals surface area (Å²) in [6.07, 6.45) is 1.53. The van der Waals surface area contributed by atoms with Gasteiger partial charge in [-0.05, 0) is 124 Å². The molecular formula is C43H72O18P4S3. The first kappa shape index (κ1) is 64.1. The molecule has 0 saturated heterocycles. The summed E-state index contributed by atoms with van der Waals surface area (Å²) in [4.78, 5) is 0.323. The molecular weight excluding hydrogens is 1020 g/mol. The van der Waals surface area contributed by atoms with E-state index in [9.17, 15) is 43.5 Å². The zero-order chi connectivity index (χ0) is 51.7. The first-order valence-electron chi connectivity index (χ1n) is 22.0. The van der Waals surface area contributed by atoms with Crippen molar-refractivity contribution in [3.63, 3.8) is 0 Å². The second-order valence-corrected chi connectivity index (χ2v) is 31.2. The predicted molar refractivity (Wildman–Crippen MR) is 267 cm³/mol. The van der Waals surface area contributed by atoms with Crippen molar-refractivity contribution in [2.24, 2.45) is 0 Å². The van der Waals surface area contributed by atoms with Crippen LogP contribution in [0.1, 0.15) is 70.6 Å². The molecule has 0 aliphatic heterocycles. The molecule has 18 nitrogen and oxygen atoms in total. The van der Waals surface area contributed by atoms with E-state index >= 15 is 0 Å². The highest BCUT2D eigenvalue weighted by Crippen LogP contribution is 2.63. The molecule has 25 heteroatoms. The van der Waals surface area contributed by atoms with Gasteiger partial charge in [0, 0.05) is 12.3 Å². The van der Waals surface area contributed by atoms with Crippen LogP contribution in [0.3, 0.4) is 0 Å². The van der Waals surface area contributed by atoms with Crippen molar-refractivity contribution in [3.05, 3.63) is 89.5 Å². The maximum Gasteiger partial charge on any atom is 0.340 e. The summed E-state index contributed by atoms with van der Waals surface area (Å²) < 4.78 is 162. The molecule has 0 aliphatic carbocycles. The normalized spacial score (nSPS) is 13.4. The number of rotatable bonds is 30. The molecule has 0 radical (unpaired) electrons. The highest BCUT2D eigenvalue weighted by Gasteiger charge is 2.37. The Morgan fingerprint density at radius 3 is 0.971 bits per heavy atom. The lowest BCUT2D eigenvalue weighted by atomic mass is 10.2. The molecule has 0 N–H and O–H groups in total. The lowest BCUT2D eigenvalue weighted by molar-refractivity contribution is 0.216. The van der Waals surface area contributed by atoms with Crippen molar-refractivity contribution in [2.45, 2.75) is 89.3 Å². The van der Waals surface area contributed by atoms with Gasteiger partial charge in [0.25, 0.3) is 30.4 Å². The van der Waals surface area contributed by atoms with Crippen LogP contribution in [0.25, 0.3) is 0 Å². The summed E-state index contributed by atoms with van der Waals surface area (Å²) in [6.45, 7) is 18.3. The van der Waals surface area contributed by atoms with E-state index in [4.69, 9.17) is 35.2 Å². The maximum atomic E-state index is 13.1. The number of benzene rings is 3. The van der Waals surface area contributed by atoms with Crippen molar-refractivity contribution in [1.29, 1.82) is 0 Å². The summed E-state index contributed by atoms with van der Waals surface area (Å²) >= 11 is 0. The van der Waals surface area contributed by atoms with Gasteiger partial charge in [-0.1, -0.05) is 53.1 Å². The molecule has 1 atom stereocenters. The zero-order valence-electron chi connectivity index (χ0n) is 40.9. The van der Waals surface area contributed by atoms with Crippen molar-refractivity contribution < 1.29 is 78.7 Å². The Balaban J connectivity index is 0.000000523. The minimum Gasteiger partial charge on any atom is -0.328 e. The predicted octanol–water partition coefficient (Wildman–Crippen LogP) is 10.7. The van der Waals surface area contributed by atoms with E-state index in [0.29, 0.717) is 12.6 Å². The van der Waals surface area contributed by atoms with Crippen LogP contribution >= 0.6 is 29.7 Å². The van der Waals surface area contributed by atoms with Gasteiger partial charge >= 0.3 is 15.2 Å². The monoisotopic (exact) mass is 1100 g/mol. The Kier molecular flexibility index (Phi) is 29.1. The molecule has 0 amide bonds. The zero-order valence-corrected chi connectivity index (χ0v) is 46.9. The van der Waals surface area contributed by atoms with Gasteiger partial charge in [-0.3, -0.25) is 26.2 Å². The molecule has 0 saturated carbocycles. The van der Waals surface area contributed by atoms with Gasteiger partial charge in [0.15, 0.2) is 0 Å². The number of aryl methyl sites for hydroxylation is 3. The van der Waals surface area contributed by atoms with E-state index < -0.39 is 60.1 Å². The van der Waals surface area contributed by atoms with Crippen LogP contribution < -0.4 is 0 Å². The summed E-state index contributed by atoms with van der Waals surface area (Å²) in [7, 11) is -23.5. The first-order valence-corrected chi connectivity index (χ1v) is 34.5. The molecule has 0 heterocycles. The van der Waals surface area contributed by atoms with Crippen molar-refractivity contribution in [2.75, 3.05) is 90.6 Å². The molecule has 3 aromatic carbocycles. The molecule has 0 spiro atoms. The quantitative estimate of drug-likeness (QED) is 0.0342. The third-order valence-corrected chi connectivity index (χ3v) is 22.4. The lowest BCUT2D eigenvalue weighted by Crippen LogP contribution is -2.11. The van der Waals surface area contributed by atoms with Gasteiger partial charge < -0.3 is 27.2 Å². The molecule has 68 heavy (non-hydrogen) atoms. The fourth-order valence-corrected chi connectivity index (χ4v) is 16.7. The highest BCUT2D eigenvalue weighted by molar-refractivity contribution is 7.87. The van der Waals surface area contributed by atoms with Gasteiger partial charge in [0.05, 0.1) is 80.8 Å². The number of hydrogen-bond acceptors (Lipinski definition) is 18. The molecule has 0 aliphatic rings. The molecule has 3 rings (SSSR count). The minimum absolute atomic E-state index is 0.00833. The SMILES string of the molecule is CCOP(=O)(CCCOS(=O)(=O)c1ccc(C)cc1)CP(=O)(OCC)OCC.CCOP(=O)(CCCOS(=O)(=O)c1ccc(C)cc1)OCC.Cc1ccc(S(=O)(=O)OCCCP(C)(C)=O)cc1. The van der Waals surface area contributed by atoms with Crippen LogP contribution in [0.5, 0.6) is 0 Å². The molecule has 0 bridgehead atoms. The Labute approximate surface area is 406 Å². The second kappa shape index (κ2) is 30.9. The van der Waals surface area contributed by atoms with Crippen molar-refractivity contribution in [3.8, 4) is 0 Å². The molecule has 1 unspecified atom stereocenters. The third-order valence-electron chi connectivity index (χ3n) is 8.76. The van der Waals surface area contributed by atoms with E-state index in [2.05, 4.69) is 0 Å². The van der Waals surface area contributed by atoms with Gasteiger partial charge in [-0.25, -0.2) is 0 Å². The van der Waals surface area contributed by atoms with E-state index in [-0.39, 0.29) is 98.6 Å². The molecule has 0 fully saturated rings. The minimum atomic E-state index is -3.89. The summed E-state index contributed by atoms with van der Waals surface area (Å²) in [5, 5.41) is 0. The van der Waals surface area contributed by atoms with Crippen LogP contribution in [-0.4, -0.2) is 116 Å². The van der Waals surface area contributed by atoms with Crippen LogP contribution in [0.2, 0.25) is 0 Å². The Bertz CT molecular complexity index is 2440. The highest BCUT2D eigenvalue weighted by atomic mass is 32.2. The van der Waals surface area contributed by atoms with Gasteiger partial charge in [0.1, 0.15) is 5.90 Å². The van der Waals surface area contributed by atoms with Gasteiger partial charge in [-0.2, -0.15) is 25.3 Å². The Morgan fingerprint density at radius 1 is 0.397 bits per heavy atom. The van der Waals surface area contributed by atoms with E-state index in [1.165, 1.54) is 36.4 Å². The molecule has 390 valence electrons. The average molecular weight is 1100 g/mol. The van der Waals surface area contributed by atoms with Gasteiger partial charge in [0.2, 0.25) is 7.37 Å². The smallest absolute Gasteiger partial charge is 0.328 e. The van der Waals surface area contributed by atoms with E-state index in [1.807, 2.05) is 20.8 Å². The van der Waals surface area contributed by atoms with Gasteiger partial charge in [-0.15, -0.1) is 0 Å². The van der Waals surface area contributed by atoms with E-state index in [1.54, 1.807) is 84.3 Å². The van der Waals surface area contributed by atoms with Crippen LogP contribution in [0.4, 0.5) is 0 Å². The second-order valence-electron chi connectivity index (χ2n) is 15.3. The number of hydrogen-bond donors (Lipinski definition) is 0. The lowest BCUT2D eigenvalue weighted by Gasteiger charge is -2.23. The molecule has 0 aromatic heterocycles. The van der Waals surface area contributed by atoms with Crippen LogP contribution in [0.15, 0.2) is 87.5 Å². The van der Waals surface area contributed by atoms with Crippen molar-refractivity contribution in [1.82, 2.24) is 0 Å². The fraction of sp³-hybridized carbons (Fsp3) is 0.581. The summed E-state index contributed by atoms with van der Waals surface area (Å²) in [5.74, 6) is -0.347. The standard InChI is InChI=1S/C17H30O8P2S.C14H23O6PS.C12H19O4PS/c1-5-22-26(18,15-27(19,23-6-2)24-7-3)14-8-13-25-28(20,21)17-11-9-16(4)10-12-17;1-4-18-21(15,19-5-2)12-6-11-20-22(16,17)14-9-7-13(3)8-10-14;1-11-5-7-12(8-6-11)18(14,15)16-9-4-10-17(2,3)13/h9-12H,5-8,13-15H2,1-4H3;7-10H,4-6,11-12H2,1-3H3;5-8H,4,9-10H2,1-3H3.